The van der Waals surface area contributed by atoms with Gasteiger partial charge in [-0.25, -0.2) is 4.98 Å². The van der Waals surface area contributed by atoms with Crippen LogP contribution in [0.3, 0.4) is 0 Å². The van der Waals surface area contributed by atoms with Crippen molar-refractivity contribution in [1.82, 2.24) is 19.7 Å². The van der Waals surface area contributed by atoms with Crippen molar-refractivity contribution in [2.75, 3.05) is 11.9 Å². The molecule has 0 unspecified atom stereocenters. The van der Waals surface area contributed by atoms with E-state index in [0.29, 0.717) is 0 Å². The van der Waals surface area contributed by atoms with E-state index in [0.717, 1.165) is 41.0 Å². The topological polar surface area (TPSA) is 55.6 Å². The summed E-state index contributed by atoms with van der Waals surface area (Å²) in [5.41, 5.74) is 2.01. The Morgan fingerprint density at radius 1 is 1.32 bits per heavy atom. The van der Waals surface area contributed by atoms with Crippen molar-refractivity contribution < 1.29 is 0 Å². The van der Waals surface area contributed by atoms with Crippen molar-refractivity contribution in [2.24, 2.45) is 7.05 Å². The molecule has 2 rings (SSSR count). The fourth-order valence-electron chi connectivity index (χ4n) is 1.64. The third-order valence-electron chi connectivity index (χ3n) is 2.59. The lowest BCUT2D eigenvalue weighted by Crippen LogP contribution is -2.03. The van der Waals surface area contributed by atoms with Gasteiger partial charge in [0.05, 0.1) is 28.8 Å². The third-order valence-corrected chi connectivity index (χ3v) is 3.71. The Kier molecular flexibility index (Phi) is 4.79. The van der Waals surface area contributed by atoms with E-state index in [1.54, 1.807) is 18.0 Å². The van der Waals surface area contributed by atoms with E-state index in [-0.39, 0.29) is 0 Å². The molecular formula is C13H19N5S. The summed E-state index contributed by atoms with van der Waals surface area (Å²) in [5, 5.41) is 8.68. The molecule has 2 aromatic heterocycles. The van der Waals surface area contributed by atoms with E-state index in [2.05, 4.69) is 33.4 Å². The minimum absolute atomic E-state index is 0.806. The van der Waals surface area contributed by atoms with Gasteiger partial charge in [0.15, 0.2) is 0 Å². The first-order valence-corrected chi connectivity index (χ1v) is 7.36. The van der Waals surface area contributed by atoms with E-state index in [9.17, 15) is 0 Å². The van der Waals surface area contributed by atoms with Crippen LogP contribution in [-0.4, -0.2) is 26.3 Å². The van der Waals surface area contributed by atoms with Gasteiger partial charge in [-0.15, -0.1) is 11.8 Å². The van der Waals surface area contributed by atoms with Gasteiger partial charge in [-0.05, 0) is 19.4 Å². The van der Waals surface area contributed by atoms with Crippen LogP contribution in [0.25, 0.3) is 0 Å². The average molecular weight is 277 g/mol. The Balaban J connectivity index is 1.91. The average Bonchev–Trinajstić information content (AvgIpc) is 2.73. The Morgan fingerprint density at radius 3 is 2.74 bits per heavy atom. The number of aromatic nitrogens is 4. The highest BCUT2D eigenvalue weighted by Crippen LogP contribution is 2.21. The predicted octanol–water partition coefficient (Wildman–Crippen LogP) is 2.63. The highest BCUT2D eigenvalue weighted by molar-refractivity contribution is 7.98. The summed E-state index contributed by atoms with van der Waals surface area (Å²) in [6.45, 7) is 5.05. The molecule has 0 aliphatic heterocycles. The monoisotopic (exact) mass is 277 g/mol. The maximum absolute atomic E-state index is 4.41. The summed E-state index contributed by atoms with van der Waals surface area (Å²) in [4.78, 5) is 8.75. The van der Waals surface area contributed by atoms with E-state index in [1.165, 1.54) is 0 Å². The smallest absolute Gasteiger partial charge is 0.144 e. The van der Waals surface area contributed by atoms with Crippen LogP contribution in [0.1, 0.15) is 24.7 Å². The van der Waals surface area contributed by atoms with Crippen LogP contribution in [0.2, 0.25) is 0 Å². The van der Waals surface area contributed by atoms with Gasteiger partial charge in [0.25, 0.3) is 0 Å². The molecule has 1 N–H and O–H groups in total. The summed E-state index contributed by atoms with van der Waals surface area (Å²) in [6.07, 6.45) is 4.70. The number of nitrogens with zero attached hydrogens (tertiary/aromatic N) is 4. The molecular weight excluding hydrogens is 258 g/mol. The first-order chi connectivity index (χ1) is 9.19. The van der Waals surface area contributed by atoms with Crippen molar-refractivity contribution in [1.29, 1.82) is 0 Å². The van der Waals surface area contributed by atoms with Crippen LogP contribution in [0.15, 0.2) is 23.5 Å². The molecule has 0 aliphatic rings. The minimum atomic E-state index is 0.806. The number of nitrogens with one attached hydrogen (secondary N) is 1. The highest BCUT2D eigenvalue weighted by Gasteiger charge is 2.04. The van der Waals surface area contributed by atoms with Gasteiger partial charge >= 0.3 is 0 Å². The number of thioether (sulfide) groups is 1. The van der Waals surface area contributed by atoms with Crippen molar-refractivity contribution in [3.63, 3.8) is 0 Å². The van der Waals surface area contributed by atoms with Gasteiger partial charge in [-0.3, -0.25) is 9.67 Å². The van der Waals surface area contributed by atoms with Crippen molar-refractivity contribution in [3.8, 4) is 0 Å². The van der Waals surface area contributed by atoms with Crippen LogP contribution in [0.5, 0.6) is 0 Å². The molecule has 0 atom stereocenters. The minimum Gasteiger partial charge on any atom is -0.369 e. The van der Waals surface area contributed by atoms with E-state index < -0.39 is 0 Å². The zero-order valence-electron chi connectivity index (χ0n) is 11.6. The van der Waals surface area contributed by atoms with Crippen LogP contribution in [-0.2, 0) is 12.8 Å². The number of anilines is 1. The van der Waals surface area contributed by atoms with Gasteiger partial charge in [0.1, 0.15) is 5.82 Å². The van der Waals surface area contributed by atoms with Crippen molar-refractivity contribution in [2.45, 2.75) is 31.0 Å². The summed E-state index contributed by atoms with van der Waals surface area (Å²) in [5.74, 6) is 1.65. The third kappa shape index (κ3) is 3.96. The summed E-state index contributed by atoms with van der Waals surface area (Å²) in [7, 11) is 1.96. The van der Waals surface area contributed by atoms with Gasteiger partial charge in [-0.1, -0.05) is 6.92 Å². The zero-order chi connectivity index (χ0) is 13.7. The maximum atomic E-state index is 4.41. The molecule has 0 amide bonds. The Hall–Kier alpha value is -1.56. The second kappa shape index (κ2) is 6.56. The molecule has 5 nitrogen and oxygen atoms in total. The predicted molar refractivity (Wildman–Crippen MR) is 78.3 cm³/mol. The van der Waals surface area contributed by atoms with Crippen LogP contribution in [0, 0.1) is 6.92 Å². The zero-order valence-corrected chi connectivity index (χ0v) is 12.4. The second-order valence-corrected chi connectivity index (χ2v) is 5.35. The molecule has 0 spiro atoms. The summed E-state index contributed by atoms with van der Waals surface area (Å²) in [6, 6.07) is 2.08. The molecule has 2 aromatic rings. The van der Waals surface area contributed by atoms with E-state index in [4.69, 9.17) is 0 Å². The molecule has 0 aliphatic carbocycles. The highest BCUT2D eigenvalue weighted by atomic mass is 32.2. The lowest BCUT2D eigenvalue weighted by Gasteiger charge is -2.04. The molecule has 6 heteroatoms. The SMILES string of the molecule is CCCNc1cnc(CSc2cc(C)nn2C)cn1. The quantitative estimate of drug-likeness (QED) is 0.823. The Morgan fingerprint density at radius 2 is 2.16 bits per heavy atom. The normalized spacial score (nSPS) is 10.7. The maximum Gasteiger partial charge on any atom is 0.144 e. The Labute approximate surface area is 117 Å². The largest absolute Gasteiger partial charge is 0.369 e. The fourth-order valence-corrected chi connectivity index (χ4v) is 2.57. The second-order valence-electron chi connectivity index (χ2n) is 4.36. The first-order valence-electron chi connectivity index (χ1n) is 6.37. The number of hydrogen-bond acceptors (Lipinski definition) is 5. The van der Waals surface area contributed by atoms with Crippen LogP contribution >= 0.6 is 11.8 Å². The standard InChI is InChI=1S/C13H19N5S/c1-4-5-14-12-8-15-11(7-16-12)9-19-13-6-10(2)17-18(13)3/h6-8H,4-5,9H2,1-3H3,(H,14,16). The fraction of sp³-hybridized carbons (Fsp3) is 0.462. The molecule has 2 heterocycles. The summed E-state index contributed by atoms with van der Waals surface area (Å²) < 4.78 is 1.89. The molecule has 0 bridgehead atoms. The molecule has 0 aromatic carbocycles. The van der Waals surface area contributed by atoms with Gasteiger partial charge in [-0.2, -0.15) is 5.10 Å². The number of aryl methyl sites for hydroxylation is 2. The van der Waals surface area contributed by atoms with Crippen molar-refractivity contribution >= 4 is 17.6 Å². The van der Waals surface area contributed by atoms with E-state index in [1.807, 2.05) is 24.9 Å². The molecule has 0 fully saturated rings. The number of rotatable bonds is 6. The molecule has 102 valence electrons. The first kappa shape index (κ1) is 13.9. The lowest BCUT2D eigenvalue weighted by molar-refractivity contribution is 0.692. The lowest BCUT2D eigenvalue weighted by atomic mass is 10.4. The summed E-state index contributed by atoms with van der Waals surface area (Å²) >= 11 is 1.72. The molecule has 0 radical (unpaired) electrons. The molecule has 0 saturated heterocycles. The number of hydrogen-bond donors (Lipinski definition) is 1. The Bertz CT molecular complexity index is 520. The van der Waals surface area contributed by atoms with E-state index >= 15 is 0 Å². The van der Waals surface area contributed by atoms with Crippen LogP contribution in [0.4, 0.5) is 5.82 Å². The van der Waals surface area contributed by atoms with Crippen molar-refractivity contribution in [3.05, 3.63) is 29.8 Å². The molecule has 0 saturated carbocycles. The van der Waals surface area contributed by atoms with Crippen LogP contribution < -0.4 is 5.32 Å². The van der Waals surface area contributed by atoms with Gasteiger partial charge < -0.3 is 5.32 Å². The van der Waals surface area contributed by atoms with Gasteiger partial charge in [0, 0.05) is 19.3 Å². The van der Waals surface area contributed by atoms with Gasteiger partial charge in [0.2, 0.25) is 0 Å². The molecule has 19 heavy (non-hydrogen) atoms.